The predicted octanol–water partition coefficient (Wildman–Crippen LogP) is 4.69. The zero-order chi connectivity index (χ0) is 25.5. The number of hydrogen-bond donors (Lipinski definition) is 1. The number of pyridine rings is 1. The van der Waals surface area contributed by atoms with Crippen molar-refractivity contribution >= 4 is 23.1 Å². The van der Waals surface area contributed by atoms with E-state index in [0.717, 1.165) is 58.8 Å². The molecule has 11 heteroatoms. The summed E-state index contributed by atoms with van der Waals surface area (Å²) in [4.78, 5) is 24.5. The fraction of sp³-hybridized carbons (Fsp3) is 0.308. The maximum atomic E-state index is 14.5. The maximum absolute atomic E-state index is 14.5. The van der Waals surface area contributed by atoms with Crippen molar-refractivity contribution in [2.24, 2.45) is 0 Å². The summed E-state index contributed by atoms with van der Waals surface area (Å²) >= 11 is 1.49. The van der Waals surface area contributed by atoms with Crippen molar-refractivity contribution in [1.82, 2.24) is 24.6 Å². The number of benzene rings is 1. The number of amides is 1. The van der Waals surface area contributed by atoms with Gasteiger partial charge in [0.2, 0.25) is 5.91 Å². The highest BCUT2D eigenvalue weighted by Crippen LogP contribution is 2.43. The van der Waals surface area contributed by atoms with E-state index in [1.54, 1.807) is 6.92 Å². The van der Waals surface area contributed by atoms with Crippen molar-refractivity contribution < 1.29 is 18.3 Å². The van der Waals surface area contributed by atoms with Crippen molar-refractivity contribution in [2.45, 2.75) is 32.2 Å². The molecule has 8 nitrogen and oxygen atoms in total. The molecule has 6 rings (SSSR count). The first kappa shape index (κ1) is 23.5. The van der Waals surface area contributed by atoms with E-state index in [4.69, 9.17) is 9.72 Å². The van der Waals surface area contributed by atoms with Crippen LogP contribution in [0.15, 0.2) is 42.7 Å². The molecular formula is C26H24F2N6O2S. The Morgan fingerprint density at radius 3 is 2.78 bits per heavy atom. The monoisotopic (exact) mass is 522 g/mol. The number of rotatable bonds is 4. The number of carbonyl (C=O) groups is 1. The quantitative estimate of drug-likeness (QED) is 0.419. The SMILES string of the molecule is CC(=O)N1CCC(Nc2ccc3c(n2)-c2sc(-c4ncnn4-c4ccc(F)cc4F)cc2CCO3)CC1. The van der Waals surface area contributed by atoms with Crippen molar-refractivity contribution in [1.29, 1.82) is 0 Å². The number of hydrogen-bond acceptors (Lipinski definition) is 7. The third kappa shape index (κ3) is 4.55. The average Bonchev–Trinajstić information content (AvgIpc) is 3.49. The molecule has 1 fully saturated rings. The molecular weight excluding hydrogens is 498 g/mol. The summed E-state index contributed by atoms with van der Waals surface area (Å²) in [5.74, 6) is 0.672. The molecule has 37 heavy (non-hydrogen) atoms. The van der Waals surface area contributed by atoms with Gasteiger partial charge in [0, 0.05) is 38.5 Å². The molecule has 0 bridgehead atoms. The molecule has 1 saturated heterocycles. The third-order valence-electron chi connectivity index (χ3n) is 6.71. The number of thiophene rings is 1. The van der Waals surface area contributed by atoms with Gasteiger partial charge in [-0.15, -0.1) is 11.3 Å². The lowest BCUT2D eigenvalue weighted by molar-refractivity contribution is -0.129. The van der Waals surface area contributed by atoms with Crippen LogP contribution in [0.3, 0.4) is 0 Å². The number of piperidine rings is 1. The molecule has 1 N–H and O–H groups in total. The summed E-state index contributed by atoms with van der Waals surface area (Å²) in [6.07, 6.45) is 3.77. The Hall–Kier alpha value is -3.86. The first-order valence-electron chi connectivity index (χ1n) is 12.1. The molecule has 0 unspecified atom stereocenters. The van der Waals surface area contributed by atoms with Gasteiger partial charge in [0.15, 0.2) is 11.6 Å². The molecule has 0 spiro atoms. The number of nitrogens with zero attached hydrogens (tertiary/aromatic N) is 5. The van der Waals surface area contributed by atoms with Gasteiger partial charge in [-0.2, -0.15) is 5.10 Å². The summed E-state index contributed by atoms with van der Waals surface area (Å²) in [5, 5.41) is 7.71. The fourth-order valence-corrected chi connectivity index (χ4v) is 5.98. The lowest BCUT2D eigenvalue weighted by Crippen LogP contribution is -2.41. The van der Waals surface area contributed by atoms with Gasteiger partial charge in [0.25, 0.3) is 0 Å². The van der Waals surface area contributed by atoms with Gasteiger partial charge < -0.3 is 15.0 Å². The summed E-state index contributed by atoms with van der Waals surface area (Å²) < 4.78 is 35.3. The number of halogens is 2. The molecule has 0 saturated carbocycles. The van der Waals surface area contributed by atoms with Gasteiger partial charge >= 0.3 is 0 Å². The van der Waals surface area contributed by atoms with Crippen LogP contribution >= 0.6 is 11.3 Å². The highest BCUT2D eigenvalue weighted by Gasteiger charge is 2.25. The zero-order valence-corrected chi connectivity index (χ0v) is 20.9. The van der Waals surface area contributed by atoms with Crippen LogP contribution in [-0.2, 0) is 11.2 Å². The number of nitrogens with one attached hydrogen (secondary N) is 1. The normalized spacial score (nSPS) is 15.5. The largest absolute Gasteiger partial charge is 0.491 e. The topological polar surface area (TPSA) is 85.2 Å². The van der Waals surface area contributed by atoms with E-state index < -0.39 is 11.6 Å². The number of carbonyl (C=O) groups excluding carboxylic acids is 1. The van der Waals surface area contributed by atoms with Crippen LogP contribution in [0.4, 0.5) is 14.6 Å². The van der Waals surface area contributed by atoms with E-state index in [2.05, 4.69) is 15.4 Å². The Bertz CT molecular complexity index is 1480. The summed E-state index contributed by atoms with van der Waals surface area (Å²) in [5.41, 5.74) is 1.93. The number of fused-ring (bicyclic) bond motifs is 3. The molecule has 1 aromatic carbocycles. The summed E-state index contributed by atoms with van der Waals surface area (Å²) in [7, 11) is 0. The predicted molar refractivity (Wildman–Crippen MR) is 136 cm³/mol. The van der Waals surface area contributed by atoms with Crippen LogP contribution < -0.4 is 10.1 Å². The molecule has 0 radical (unpaired) electrons. The van der Waals surface area contributed by atoms with E-state index in [9.17, 15) is 13.6 Å². The van der Waals surface area contributed by atoms with E-state index in [0.29, 0.717) is 24.6 Å². The summed E-state index contributed by atoms with van der Waals surface area (Å²) in [6.45, 7) is 3.57. The second-order valence-corrected chi connectivity index (χ2v) is 10.2. The lowest BCUT2D eigenvalue weighted by atomic mass is 10.0. The van der Waals surface area contributed by atoms with E-state index in [-0.39, 0.29) is 17.6 Å². The Balaban J connectivity index is 1.31. The molecule has 190 valence electrons. The Morgan fingerprint density at radius 2 is 2.00 bits per heavy atom. The standard InChI is InChI=1S/C26H24F2N6O2S/c1-15(35)33-9-6-18(7-10-33)31-23-5-4-21-24(32-23)25-16(8-11-36-21)12-22(37-25)26-29-14-30-34(26)20-3-2-17(27)13-19(20)28/h2-5,12-14,18H,6-11H2,1H3,(H,31,32). The summed E-state index contributed by atoms with van der Waals surface area (Å²) in [6, 6.07) is 9.48. The first-order valence-corrected chi connectivity index (χ1v) is 12.9. The Morgan fingerprint density at radius 1 is 1.16 bits per heavy atom. The second-order valence-electron chi connectivity index (χ2n) is 9.12. The van der Waals surface area contributed by atoms with Crippen LogP contribution in [0.1, 0.15) is 25.3 Å². The first-order chi connectivity index (χ1) is 18.0. The minimum Gasteiger partial charge on any atom is -0.491 e. The second kappa shape index (κ2) is 9.55. The van der Waals surface area contributed by atoms with Gasteiger partial charge in [-0.3, -0.25) is 4.79 Å². The van der Waals surface area contributed by atoms with Crippen molar-refractivity contribution in [3.63, 3.8) is 0 Å². The molecule has 2 aliphatic rings. The van der Waals surface area contributed by atoms with Crippen LogP contribution in [0.2, 0.25) is 0 Å². The van der Waals surface area contributed by atoms with Crippen LogP contribution in [0.5, 0.6) is 5.75 Å². The molecule has 0 atom stereocenters. The van der Waals surface area contributed by atoms with E-state index in [1.165, 1.54) is 34.5 Å². The molecule has 2 aliphatic heterocycles. The molecule has 4 aromatic rings. The molecule has 3 aromatic heterocycles. The highest BCUT2D eigenvalue weighted by atomic mass is 32.1. The van der Waals surface area contributed by atoms with Crippen LogP contribution in [0, 0.1) is 11.6 Å². The number of aromatic nitrogens is 4. The number of likely N-dealkylation sites (tertiary alicyclic amines) is 1. The molecule has 5 heterocycles. The maximum Gasteiger partial charge on any atom is 0.219 e. The molecule has 1 amide bonds. The number of ether oxygens (including phenoxy) is 1. The fourth-order valence-electron chi connectivity index (χ4n) is 4.79. The van der Waals surface area contributed by atoms with Crippen LogP contribution in [0.25, 0.3) is 27.0 Å². The van der Waals surface area contributed by atoms with E-state index >= 15 is 0 Å². The van der Waals surface area contributed by atoms with Crippen LogP contribution in [-0.4, -0.2) is 56.3 Å². The smallest absolute Gasteiger partial charge is 0.219 e. The third-order valence-corrected chi connectivity index (χ3v) is 7.89. The Kier molecular flexibility index (Phi) is 6.07. The molecule has 0 aliphatic carbocycles. The van der Waals surface area contributed by atoms with Gasteiger partial charge in [0.1, 0.15) is 35.1 Å². The number of anilines is 1. The van der Waals surface area contributed by atoms with E-state index in [1.807, 2.05) is 23.1 Å². The van der Waals surface area contributed by atoms with Gasteiger partial charge in [-0.05, 0) is 48.7 Å². The van der Waals surface area contributed by atoms with Crippen molar-refractivity contribution in [3.05, 3.63) is 59.9 Å². The van der Waals surface area contributed by atoms with Crippen molar-refractivity contribution in [3.8, 4) is 32.7 Å². The average molecular weight is 523 g/mol. The van der Waals surface area contributed by atoms with Crippen molar-refractivity contribution in [2.75, 3.05) is 25.0 Å². The van der Waals surface area contributed by atoms with Gasteiger partial charge in [-0.1, -0.05) is 0 Å². The minimum absolute atomic E-state index is 0.109. The van der Waals surface area contributed by atoms with Gasteiger partial charge in [0.05, 0.1) is 16.4 Å². The minimum atomic E-state index is -0.713. The zero-order valence-electron chi connectivity index (χ0n) is 20.1. The Labute approximate surface area is 215 Å². The van der Waals surface area contributed by atoms with Gasteiger partial charge in [-0.25, -0.2) is 23.4 Å². The highest BCUT2D eigenvalue weighted by molar-refractivity contribution is 7.19. The lowest BCUT2D eigenvalue weighted by Gasteiger charge is -2.32.